The fourth-order valence-corrected chi connectivity index (χ4v) is 1.79. The van der Waals surface area contributed by atoms with Crippen molar-refractivity contribution in [2.45, 2.75) is 13.0 Å². The Hall–Kier alpha value is -2.43. The number of rotatable bonds is 3. The summed E-state index contributed by atoms with van der Waals surface area (Å²) in [7, 11) is 0. The fraction of sp³-hybridized carbons (Fsp3) is 0.133. The topological polar surface area (TPSA) is 41.1 Å². The van der Waals surface area contributed by atoms with E-state index in [0.717, 1.165) is 17.7 Å². The molecule has 0 heterocycles. The van der Waals surface area contributed by atoms with E-state index >= 15 is 0 Å². The van der Waals surface area contributed by atoms with Gasteiger partial charge in [-0.05, 0) is 24.6 Å². The number of urea groups is 1. The lowest BCUT2D eigenvalue weighted by atomic mass is 10.1. The van der Waals surface area contributed by atoms with Crippen LogP contribution in [0.25, 0.3) is 0 Å². The molecular formula is C15H14F2N2O. The summed E-state index contributed by atoms with van der Waals surface area (Å²) in [6.45, 7) is 1.78. The lowest BCUT2D eigenvalue weighted by Gasteiger charge is -2.15. The van der Waals surface area contributed by atoms with E-state index in [4.69, 9.17) is 0 Å². The second-order valence-corrected chi connectivity index (χ2v) is 4.33. The van der Waals surface area contributed by atoms with Gasteiger partial charge in [0.15, 0.2) is 0 Å². The molecule has 2 aromatic carbocycles. The van der Waals surface area contributed by atoms with E-state index in [0.29, 0.717) is 0 Å². The third kappa shape index (κ3) is 3.32. The number of carbonyl (C=O) groups excluding carboxylic acids is 1. The highest BCUT2D eigenvalue weighted by Crippen LogP contribution is 2.18. The molecule has 0 unspecified atom stereocenters. The third-order valence-electron chi connectivity index (χ3n) is 2.85. The summed E-state index contributed by atoms with van der Waals surface area (Å²) in [6, 6.07) is 11.7. The van der Waals surface area contributed by atoms with Crippen molar-refractivity contribution in [3.05, 3.63) is 65.7 Å². The molecule has 20 heavy (non-hydrogen) atoms. The van der Waals surface area contributed by atoms with Gasteiger partial charge in [-0.15, -0.1) is 0 Å². The van der Waals surface area contributed by atoms with Gasteiger partial charge in [0.25, 0.3) is 0 Å². The van der Waals surface area contributed by atoms with Crippen molar-refractivity contribution in [3.8, 4) is 0 Å². The monoisotopic (exact) mass is 276 g/mol. The number of para-hydroxylation sites is 1. The summed E-state index contributed by atoms with van der Waals surface area (Å²) in [5.41, 5.74) is 0.446. The normalized spacial score (nSPS) is 11.8. The van der Waals surface area contributed by atoms with E-state index in [1.807, 2.05) is 30.3 Å². The number of hydrogen-bond acceptors (Lipinski definition) is 1. The SMILES string of the molecule is C[C@@H](NC(=O)Nc1c(F)cccc1F)c1ccccc1. The highest BCUT2D eigenvalue weighted by Gasteiger charge is 2.14. The standard InChI is InChI=1S/C15H14F2N2O/c1-10(11-6-3-2-4-7-11)18-15(20)19-14-12(16)8-5-9-13(14)17/h2-10H,1H3,(H2,18,19,20)/t10-/m1/s1. The molecule has 0 aromatic heterocycles. The number of benzene rings is 2. The molecule has 1 atom stereocenters. The molecule has 0 aliphatic carbocycles. The van der Waals surface area contributed by atoms with E-state index in [-0.39, 0.29) is 6.04 Å². The van der Waals surface area contributed by atoms with E-state index < -0.39 is 23.4 Å². The molecule has 2 aromatic rings. The zero-order chi connectivity index (χ0) is 14.5. The average Bonchev–Trinajstić information content (AvgIpc) is 2.44. The quantitative estimate of drug-likeness (QED) is 0.878. The van der Waals surface area contributed by atoms with Crippen LogP contribution >= 0.6 is 0 Å². The van der Waals surface area contributed by atoms with Gasteiger partial charge in [-0.25, -0.2) is 13.6 Å². The first kappa shape index (κ1) is 14.0. The van der Waals surface area contributed by atoms with Crippen LogP contribution in [0, 0.1) is 11.6 Å². The molecule has 0 aliphatic rings. The lowest BCUT2D eigenvalue weighted by molar-refractivity contribution is 0.249. The van der Waals surface area contributed by atoms with Gasteiger partial charge in [-0.3, -0.25) is 0 Å². The van der Waals surface area contributed by atoms with Gasteiger partial charge in [0.2, 0.25) is 0 Å². The minimum Gasteiger partial charge on any atom is -0.331 e. The molecule has 0 bridgehead atoms. The molecule has 0 fully saturated rings. The second-order valence-electron chi connectivity index (χ2n) is 4.33. The molecule has 2 N–H and O–H groups in total. The van der Waals surface area contributed by atoms with Gasteiger partial charge in [0, 0.05) is 0 Å². The summed E-state index contributed by atoms with van der Waals surface area (Å²) < 4.78 is 26.8. The predicted molar refractivity (Wildman–Crippen MR) is 73.4 cm³/mol. The fourth-order valence-electron chi connectivity index (χ4n) is 1.79. The first-order valence-corrected chi connectivity index (χ1v) is 6.14. The minimum absolute atomic E-state index is 0.272. The van der Waals surface area contributed by atoms with Crippen molar-refractivity contribution >= 4 is 11.7 Å². The van der Waals surface area contributed by atoms with Gasteiger partial charge < -0.3 is 10.6 Å². The minimum atomic E-state index is -0.812. The molecule has 5 heteroatoms. The molecule has 2 rings (SSSR count). The molecule has 0 saturated carbocycles. The number of carbonyl (C=O) groups is 1. The molecule has 3 nitrogen and oxygen atoms in total. The Balaban J connectivity index is 2.03. The van der Waals surface area contributed by atoms with Crippen LogP contribution in [-0.4, -0.2) is 6.03 Å². The molecule has 0 radical (unpaired) electrons. The zero-order valence-electron chi connectivity index (χ0n) is 10.9. The lowest BCUT2D eigenvalue weighted by Crippen LogP contribution is -2.31. The molecule has 0 saturated heterocycles. The van der Waals surface area contributed by atoms with Crippen LogP contribution in [0.5, 0.6) is 0 Å². The number of amides is 2. The summed E-state index contributed by atoms with van der Waals surface area (Å²) in [5, 5.41) is 4.79. The van der Waals surface area contributed by atoms with Gasteiger partial charge in [-0.1, -0.05) is 36.4 Å². The predicted octanol–water partition coefficient (Wildman–Crippen LogP) is 3.85. The van der Waals surface area contributed by atoms with Crippen LogP contribution in [0.3, 0.4) is 0 Å². The number of nitrogens with one attached hydrogen (secondary N) is 2. The Labute approximate surface area is 115 Å². The first-order valence-electron chi connectivity index (χ1n) is 6.14. The maximum absolute atomic E-state index is 13.4. The van der Waals surface area contributed by atoms with E-state index in [1.165, 1.54) is 6.07 Å². The largest absolute Gasteiger partial charge is 0.331 e. The average molecular weight is 276 g/mol. The van der Waals surface area contributed by atoms with Gasteiger partial charge in [0.05, 0.1) is 6.04 Å². The molecule has 0 spiro atoms. The number of halogens is 2. The molecule has 2 amide bonds. The second kappa shape index (κ2) is 6.14. The smallest absolute Gasteiger partial charge is 0.319 e. The molecular weight excluding hydrogens is 262 g/mol. The van der Waals surface area contributed by atoms with E-state index in [9.17, 15) is 13.6 Å². The van der Waals surface area contributed by atoms with E-state index in [1.54, 1.807) is 6.92 Å². The molecule has 0 aliphatic heterocycles. The maximum Gasteiger partial charge on any atom is 0.319 e. The summed E-state index contributed by atoms with van der Waals surface area (Å²) in [4.78, 5) is 11.7. The van der Waals surface area contributed by atoms with Crippen LogP contribution in [0.1, 0.15) is 18.5 Å². The Morgan fingerprint density at radius 3 is 2.20 bits per heavy atom. The highest BCUT2D eigenvalue weighted by molar-refractivity contribution is 5.89. The Morgan fingerprint density at radius 2 is 1.60 bits per heavy atom. The Kier molecular flexibility index (Phi) is 4.30. The first-order chi connectivity index (χ1) is 9.58. The van der Waals surface area contributed by atoms with Crippen LogP contribution in [0.2, 0.25) is 0 Å². The van der Waals surface area contributed by atoms with Crippen molar-refractivity contribution < 1.29 is 13.6 Å². The Morgan fingerprint density at radius 1 is 1.00 bits per heavy atom. The highest BCUT2D eigenvalue weighted by atomic mass is 19.1. The van der Waals surface area contributed by atoms with Gasteiger partial charge >= 0.3 is 6.03 Å². The summed E-state index contributed by atoms with van der Waals surface area (Å²) in [6.07, 6.45) is 0. The third-order valence-corrected chi connectivity index (χ3v) is 2.85. The van der Waals surface area contributed by atoms with Gasteiger partial charge in [-0.2, -0.15) is 0 Å². The maximum atomic E-state index is 13.4. The number of anilines is 1. The van der Waals surface area contributed by atoms with Crippen molar-refractivity contribution in [1.29, 1.82) is 0 Å². The summed E-state index contributed by atoms with van der Waals surface area (Å²) >= 11 is 0. The number of hydrogen-bond donors (Lipinski definition) is 2. The van der Waals surface area contributed by atoms with Crippen LogP contribution in [0.15, 0.2) is 48.5 Å². The van der Waals surface area contributed by atoms with Crippen LogP contribution in [-0.2, 0) is 0 Å². The van der Waals surface area contributed by atoms with Gasteiger partial charge in [0.1, 0.15) is 17.3 Å². The van der Waals surface area contributed by atoms with Crippen molar-refractivity contribution in [2.75, 3.05) is 5.32 Å². The van der Waals surface area contributed by atoms with Crippen molar-refractivity contribution in [3.63, 3.8) is 0 Å². The Bertz CT molecular complexity index is 582. The molecule has 104 valence electrons. The van der Waals surface area contributed by atoms with Crippen LogP contribution < -0.4 is 10.6 Å². The van der Waals surface area contributed by atoms with Crippen LogP contribution in [0.4, 0.5) is 19.3 Å². The summed E-state index contributed by atoms with van der Waals surface area (Å²) in [5.74, 6) is -1.62. The van der Waals surface area contributed by atoms with Crippen molar-refractivity contribution in [1.82, 2.24) is 5.32 Å². The zero-order valence-corrected chi connectivity index (χ0v) is 10.9. The van der Waals surface area contributed by atoms with E-state index in [2.05, 4.69) is 10.6 Å². The van der Waals surface area contributed by atoms with Crippen molar-refractivity contribution in [2.24, 2.45) is 0 Å².